The molecule has 3 heterocycles. The predicted molar refractivity (Wildman–Crippen MR) is 105 cm³/mol. The molecule has 28 heavy (non-hydrogen) atoms. The van der Waals surface area contributed by atoms with Gasteiger partial charge in [-0.15, -0.1) is 0 Å². The van der Waals surface area contributed by atoms with Crippen molar-refractivity contribution in [2.45, 2.75) is 32.0 Å². The van der Waals surface area contributed by atoms with Gasteiger partial charge in [-0.2, -0.15) is 0 Å². The molecule has 2 atom stereocenters. The molecule has 2 aromatic rings. The number of ether oxygens (including phenoxy) is 1. The fourth-order valence-corrected chi connectivity index (χ4v) is 3.76. The minimum Gasteiger partial charge on any atom is -0.485 e. The van der Waals surface area contributed by atoms with Gasteiger partial charge in [-0.3, -0.25) is 9.78 Å². The van der Waals surface area contributed by atoms with Crippen LogP contribution < -0.4 is 10.1 Å². The summed E-state index contributed by atoms with van der Waals surface area (Å²) in [6.45, 7) is 4.75. The number of carbonyl (C=O) groups is 2. The van der Waals surface area contributed by atoms with Crippen molar-refractivity contribution in [2.24, 2.45) is 0 Å². The van der Waals surface area contributed by atoms with Crippen LogP contribution in [0.4, 0.5) is 4.79 Å². The Morgan fingerprint density at radius 2 is 2.07 bits per heavy atom. The van der Waals surface area contributed by atoms with Crippen molar-refractivity contribution in [3.8, 4) is 16.9 Å². The van der Waals surface area contributed by atoms with E-state index in [1.165, 1.54) is 0 Å². The van der Waals surface area contributed by atoms with E-state index in [4.69, 9.17) is 4.74 Å². The van der Waals surface area contributed by atoms with Crippen LogP contribution in [0.25, 0.3) is 11.1 Å². The Morgan fingerprint density at radius 3 is 2.79 bits per heavy atom. The van der Waals surface area contributed by atoms with Gasteiger partial charge in [0.05, 0.1) is 18.2 Å². The number of fused-ring (bicyclic) bond motifs is 2. The number of rotatable bonds is 2. The molecule has 1 fully saturated rings. The zero-order valence-electron chi connectivity index (χ0n) is 16.3. The van der Waals surface area contributed by atoms with Gasteiger partial charge < -0.3 is 19.9 Å². The molecule has 0 aliphatic carbocycles. The van der Waals surface area contributed by atoms with Crippen LogP contribution in [0.2, 0.25) is 0 Å². The molecule has 7 heteroatoms. The Labute approximate surface area is 164 Å². The van der Waals surface area contributed by atoms with Gasteiger partial charge in [-0.1, -0.05) is 12.1 Å². The lowest BCUT2D eigenvalue weighted by atomic mass is 10.0. The van der Waals surface area contributed by atoms with E-state index in [1.807, 2.05) is 38.1 Å². The number of urea groups is 1. The topological polar surface area (TPSA) is 74.8 Å². The van der Waals surface area contributed by atoms with E-state index in [-0.39, 0.29) is 30.1 Å². The molecule has 1 aromatic heterocycles. The third kappa shape index (κ3) is 3.28. The second kappa shape index (κ2) is 7.14. The largest absolute Gasteiger partial charge is 0.485 e. The molecule has 0 spiro atoms. The Morgan fingerprint density at radius 1 is 1.25 bits per heavy atom. The van der Waals surface area contributed by atoms with Crippen molar-refractivity contribution in [3.05, 3.63) is 48.3 Å². The van der Waals surface area contributed by atoms with Crippen molar-refractivity contribution < 1.29 is 14.3 Å². The van der Waals surface area contributed by atoms with E-state index in [2.05, 4.69) is 10.3 Å². The lowest BCUT2D eigenvalue weighted by molar-refractivity contribution is 0.0682. The summed E-state index contributed by atoms with van der Waals surface area (Å²) in [5.41, 5.74) is 2.44. The van der Waals surface area contributed by atoms with Crippen LogP contribution in [0.15, 0.2) is 42.7 Å². The smallest absolute Gasteiger partial charge is 0.317 e. The fourth-order valence-electron chi connectivity index (χ4n) is 3.76. The molecule has 7 nitrogen and oxygen atoms in total. The Kier molecular flexibility index (Phi) is 4.66. The van der Waals surface area contributed by atoms with E-state index < -0.39 is 0 Å². The number of hydrogen-bond donors (Lipinski definition) is 1. The molecule has 1 N–H and O–H groups in total. The Hall–Kier alpha value is -3.09. The first kappa shape index (κ1) is 18.3. The number of amides is 3. The summed E-state index contributed by atoms with van der Waals surface area (Å²) in [7, 11) is 1.78. The van der Waals surface area contributed by atoms with E-state index in [0.29, 0.717) is 24.4 Å². The van der Waals surface area contributed by atoms with Gasteiger partial charge >= 0.3 is 6.03 Å². The number of likely N-dealkylation sites (tertiary alicyclic amines) is 1. The number of carbonyl (C=O) groups excluding carboxylic acids is 2. The number of nitrogens with zero attached hydrogens (tertiary/aromatic N) is 3. The highest BCUT2D eigenvalue weighted by molar-refractivity contribution is 5.98. The molecule has 2 aliphatic heterocycles. The second-order valence-corrected chi connectivity index (χ2v) is 7.60. The van der Waals surface area contributed by atoms with Crippen molar-refractivity contribution in [3.63, 3.8) is 0 Å². The molecule has 1 aromatic carbocycles. The molecular weight excluding hydrogens is 356 g/mol. The highest BCUT2D eigenvalue weighted by Crippen LogP contribution is 2.34. The third-order valence-corrected chi connectivity index (χ3v) is 5.24. The molecule has 146 valence electrons. The summed E-state index contributed by atoms with van der Waals surface area (Å²) in [6, 6.07) is 9.19. The number of nitrogens with one attached hydrogen (secondary N) is 1. The standard InChI is InChI=1S/C21H24N4O3/c1-13(2)23-21(27)25-11-17-19(12-25)28-18-9-14(15-5-4-8-22-10-15)6-7-16(18)20(26)24(17)3/h4-10,13,17,19H,11-12H2,1-3H3,(H,23,27). The summed E-state index contributed by atoms with van der Waals surface area (Å²) in [5.74, 6) is 0.461. The van der Waals surface area contributed by atoms with E-state index in [0.717, 1.165) is 11.1 Å². The molecule has 1 saturated heterocycles. The molecular formula is C21H24N4O3. The Balaban J connectivity index is 1.63. The molecule has 2 unspecified atom stereocenters. The summed E-state index contributed by atoms with van der Waals surface area (Å²) < 4.78 is 6.26. The minimum absolute atomic E-state index is 0.0564. The maximum atomic E-state index is 13.0. The van der Waals surface area contributed by atoms with Crippen LogP contribution in [-0.4, -0.2) is 65.0 Å². The molecule has 4 rings (SSSR count). The Bertz CT molecular complexity index is 900. The van der Waals surface area contributed by atoms with Crippen molar-refractivity contribution in [1.29, 1.82) is 0 Å². The summed E-state index contributed by atoms with van der Waals surface area (Å²) in [6.07, 6.45) is 3.24. The number of aromatic nitrogens is 1. The van der Waals surface area contributed by atoms with Gasteiger partial charge in [0, 0.05) is 37.6 Å². The highest BCUT2D eigenvalue weighted by atomic mass is 16.5. The fraction of sp³-hybridized carbons (Fsp3) is 0.381. The van der Waals surface area contributed by atoms with Crippen LogP contribution in [-0.2, 0) is 0 Å². The van der Waals surface area contributed by atoms with Crippen LogP contribution in [0.5, 0.6) is 5.75 Å². The number of hydrogen-bond acceptors (Lipinski definition) is 4. The SMILES string of the molecule is CC(C)NC(=O)N1CC2Oc3cc(-c4cccnc4)ccc3C(=O)N(C)C2C1. The first-order valence-electron chi connectivity index (χ1n) is 9.47. The summed E-state index contributed by atoms with van der Waals surface area (Å²) in [4.78, 5) is 33.0. The van der Waals surface area contributed by atoms with Crippen molar-refractivity contribution >= 4 is 11.9 Å². The van der Waals surface area contributed by atoms with Crippen LogP contribution in [0.3, 0.4) is 0 Å². The van der Waals surface area contributed by atoms with Crippen molar-refractivity contribution in [1.82, 2.24) is 20.1 Å². The average molecular weight is 380 g/mol. The van der Waals surface area contributed by atoms with Gasteiger partial charge in [0.15, 0.2) is 0 Å². The zero-order chi connectivity index (χ0) is 19.8. The van der Waals surface area contributed by atoms with Gasteiger partial charge in [0.25, 0.3) is 5.91 Å². The van der Waals surface area contributed by atoms with Crippen LogP contribution in [0.1, 0.15) is 24.2 Å². The first-order chi connectivity index (χ1) is 13.4. The van der Waals surface area contributed by atoms with E-state index in [1.54, 1.807) is 35.3 Å². The zero-order valence-corrected chi connectivity index (χ0v) is 16.3. The van der Waals surface area contributed by atoms with Crippen LogP contribution >= 0.6 is 0 Å². The highest BCUT2D eigenvalue weighted by Gasteiger charge is 2.43. The van der Waals surface area contributed by atoms with Crippen molar-refractivity contribution in [2.75, 3.05) is 20.1 Å². The minimum atomic E-state index is -0.266. The normalized spacial score (nSPS) is 21.1. The molecule has 0 saturated carbocycles. The maximum Gasteiger partial charge on any atom is 0.317 e. The first-order valence-corrected chi connectivity index (χ1v) is 9.47. The lowest BCUT2D eigenvalue weighted by Gasteiger charge is -2.25. The molecule has 2 aliphatic rings. The maximum absolute atomic E-state index is 13.0. The third-order valence-electron chi connectivity index (χ3n) is 5.24. The predicted octanol–water partition coefficient (Wildman–Crippen LogP) is 2.38. The van der Waals surface area contributed by atoms with E-state index in [9.17, 15) is 9.59 Å². The second-order valence-electron chi connectivity index (χ2n) is 7.60. The van der Waals surface area contributed by atoms with Crippen LogP contribution in [0, 0.1) is 0 Å². The quantitative estimate of drug-likeness (QED) is 0.868. The van der Waals surface area contributed by atoms with Gasteiger partial charge in [0.2, 0.25) is 0 Å². The number of benzene rings is 1. The monoisotopic (exact) mass is 380 g/mol. The molecule has 3 amide bonds. The summed E-state index contributed by atoms with van der Waals surface area (Å²) >= 11 is 0. The average Bonchev–Trinajstić information content (AvgIpc) is 3.07. The van der Waals surface area contributed by atoms with Gasteiger partial charge in [0.1, 0.15) is 11.9 Å². The van der Waals surface area contributed by atoms with E-state index >= 15 is 0 Å². The number of pyridine rings is 1. The number of likely N-dealkylation sites (N-methyl/N-ethyl adjacent to an activating group) is 1. The molecule has 0 bridgehead atoms. The lowest BCUT2D eigenvalue weighted by Crippen LogP contribution is -2.45. The van der Waals surface area contributed by atoms with Gasteiger partial charge in [-0.05, 0) is 37.6 Å². The molecule has 0 radical (unpaired) electrons. The van der Waals surface area contributed by atoms with Gasteiger partial charge in [-0.25, -0.2) is 4.79 Å². The summed E-state index contributed by atoms with van der Waals surface area (Å²) in [5, 5.41) is 2.91.